The topological polar surface area (TPSA) is 61.6 Å². The van der Waals surface area contributed by atoms with Gasteiger partial charge in [-0.05, 0) is 24.6 Å². The maximum Gasteiger partial charge on any atom is 0.231 e. The van der Waals surface area contributed by atoms with E-state index in [1.54, 1.807) is 18.2 Å². The molecule has 2 aromatic carbocycles. The van der Waals surface area contributed by atoms with Gasteiger partial charge in [-0.15, -0.1) is 0 Å². The van der Waals surface area contributed by atoms with Gasteiger partial charge in [0, 0.05) is 17.3 Å². The van der Waals surface area contributed by atoms with E-state index in [2.05, 4.69) is 0 Å². The van der Waals surface area contributed by atoms with Gasteiger partial charge in [0.25, 0.3) is 0 Å². The zero-order valence-corrected chi connectivity index (χ0v) is 11.6. The molecule has 4 heteroatoms. The number of carbonyl (C=O) groups excluding carboxylic acids is 1. The molecule has 0 spiro atoms. The summed E-state index contributed by atoms with van der Waals surface area (Å²) in [5, 5.41) is 0. The molecule has 3 rings (SSSR count). The first kappa shape index (κ1) is 13.2. The van der Waals surface area contributed by atoms with E-state index in [9.17, 15) is 4.79 Å². The minimum atomic E-state index is -0.161. The van der Waals surface area contributed by atoms with Gasteiger partial charge in [-0.1, -0.05) is 35.9 Å². The Hall–Kier alpha value is -2.75. The van der Waals surface area contributed by atoms with Crippen molar-refractivity contribution in [1.29, 1.82) is 0 Å². The first-order chi connectivity index (χ1) is 10.1. The summed E-state index contributed by atoms with van der Waals surface area (Å²) in [4.78, 5) is 12.2. The van der Waals surface area contributed by atoms with Gasteiger partial charge in [0.15, 0.2) is 17.3 Å². The van der Waals surface area contributed by atoms with Gasteiger partial charge in [-0.25, -0.2) is 0 Å². The second-order valence-electron chi connectivity index (χ2n) is 4.90. The van der Waals surface area contributed by atoms with E-state index in [4.69, 9.17) is 15.2 Å². The Balaban J connectivity index is 1.84. The predicted molar refractivity (Wildman–Crippen MR) is 81.5 cm³/mol. The number of hydrogen-bond donors (Lipinski definition) is 1. The Labute approximate surface area is 122 Å². The van der Waals surface area contributed by atoms with Gasteiger partial charge in [-0.3, -0.25) is 4.79 Å². The Morgan fingerprint density at radius 2 is 1.81 bits per heavy atom. The number of rotatable bonds is 3. The zero-order chi connectivity index (χ0) is 14.8. The summed E-state index contributed by atoms with van der Waals surface area (Å²) in [6, 6.07) is 11.2. The number of hydrogen-bond acceptors (Lipinski definition) is 4. The molecule has 0 bridgehead atoms. The van der Waals surface area contributed by atoms with Gasteiger partial charge in [0.05, 0.1) is 0 Å². The van der Waals surface area contributed by atoms with E-state index in [1.807, 2.05) is 31.2 Å². The summed E-state index contributed by atoms with van der Waals surface area (Å²) in [6.45, 7) is 2.18. The maximum atomic E-state index is 12.2. The molecule has 0 aliphatic carbocycles. The molecule has 0 saturated carbocycles. The minimum Gasteiger partial charge on any atom is -0.454 e. The zero-order valence-electron chi connectivity index (χ0n) is 11.6. The number of fused-ring (bicyclic) bond motifs is 1. The first-order valence-electron chi connectivity index (χ1n) is 6.62. The lowest BCUT2D eigenvalue weighted by Gasteiger charge is -2.04. The number of allylic oxidation sites excluding steroid dienone is 1. The van der Waals surface area contributed by atoms with Crippen molar-refractivity contribution in [2.45, 2.75) is 6.92 Å². The number of benzene rings is 2. The van der Waals surface area contributed by atoms with E-state index < -0.39 is 0 Å². The molecular weight excluding hydrogens is 266 g/mol. The number of anilines is 1. The van der Waals surface area contributed by atoms with Gasteiger partial charge >= 0.3 is 0 Å². The lowest BCUT2D eigenvalue weighted by atomic mass is 10.1. The standard InChI is InChI=1S/C17H15NO3/c1-11-2-4-12(5-3-11)6-7-15(19)13-8-16-17(9-14(13)18)21-10-20-16/h2-9H,10,18H2,1H3/b7-6+. The van der Waals surface area contributed by atoms with Gasteiger partial charge in [-0.2, -0.15) is 0 Å². The Bertz CT molecular complexity index is 718. The number of nitrogen functional groups attached to an aromatic ring is 1. The molecule has 106 valence electrons. The molecule has 0 atom stereocenters. The lowest BCUT2D eigenvalue weighted by Crippen LogP contribution is -2.00. The summed E-state index contributed by atoms with van der Waals surface area (Å²) in [6.07, 6.45) is 3.28. The fourth-order valence-corrected chi connectivity index (χ4v) is 2.11. The molecule has 21 heavy (non-hydrogen) atoms. The highest BCUT2D eigenvalue weighted by atomic mass is 16.7. The Morgan fingerprint density at radius 1 is 1.14 bits per heavy atom. The van der Waals surface area contributed by atoms with Crippen LogP contribution in [0, 0.1) is 6.92 Å². The highest BCUT2D eigenvalue weighted by Gasteiger charge is 2.18. The molecule has 0 unspecified atom stereocenters. The lowest BCUT2D eigenvalue weighted by molar-refractivity contribution is 0.104. The molecule has 1 heterocycles. The first-order valence-corrected chi connectivity index (χ1v) is 6.62. The second-order valence-corrected chi connectivity index (χ2v) is 4.90. The van der Waals surface area contributed by atoms with Crippen molar-refractivity contribution in [3.63, 3.8) is 0 Å². The van der Waals surface area contributed by atoms with Crippen LogP contribution in [0.15, 0.2) is 42.5 Å². The molecule has 0 aromatic heterocycles. The average Bonchev–Trinajstić information content (AvgIpc) is 2.92. The molecule has 1 aliphatic heterocycles. The van der Waals surface area contributed by atoms with Gasteiger partial charge in [0.1, 0.15) is 0 Å². The number of nitrogens with two attached hydrogens (primary N) is 1. The minimum absolute atomic E-state index is 0.158. The monoisotopic (exact) mass is 281 g/mol. The second kappa shape index (κ2) is 5.32. The van der Waals surface area contributed by atoms with Crippen molar-refractivity contribution >= 4 is 17.5 Å². The molecule has 2 N–H and O–H groups in total. The number of aryl methyl sites for hydroxylation is 1. The molecule has 4 nitrogen and oxygen atoms in total. The van der Waals surface area contributed by atoms with Gasteiger partial charge in [0.2, 0.25) is 6.79 Å². The van der Waals surface area contributed by atoms with Crippen molar-refractivity contribution in [2.75, 3.05) is 12.5 Å². The number of carbonyl (C=O) groups is 1. The van der Waals surface area contributed by atoms with Crippen LogP contribution in [-0.2, 0) is 0 Å². The summed E-state index contributed by atoms with van der Waals surface area (Å²) >= 11 is 0. The summed E-state index contributed by atoms with van der Waals surface area (Å²) < 4.78 is 10.5. The smallest absolute Gasteiger partial charge is 0.231 e. The Morgan fingerprint density at radius 3 is 2.52 bits per heavy atom. The molecular formula is C17H15NO3. The molecule has 0 amide bonds. The van der Waals surface area contributed by atoms with Crippen LogP contribution in [-0.4, -0.2) is 12.6 Å². The number of ether oxygens (including phenoxy) is 2. The quantitative estimate of drug-likeness (QED) is 0.533. The van der Waals surface area contributed by atoms with Crippen LogP contribution < -0.4 is 15.2 Å². The van der Waals surface area contributed by atoms with E-state index >= 15 is 0 Å². The summed E-state index contributed by atoms with van der Waals surface area (Å²) in [5.74, 6) is 0.967. The highest BCUT2D eigenvalue weighted by Crippen LogP contribution is 2.36. The normalized spacial score (nSPS) is 12.8. The molecule has 0 radical (unpaired) electrons. The van der Waals surface area contributed by atoms with Crippen molar-refractivity contribution in [3.8, 4) is 11.5 Å². The van der Waals surface area contributed by atoms with E-state index in [0.29, 0.717) is 22.7 Å². The SMILES string of the molecule is Cc1ccc(/C=C/C(=O)c2cc3c(cc2N)OCO3)cc1. The largest absolute Gasteiger partial charge is 0.454 e. The third kappa shape index (κ3) is 2.74. The third-order valence-corrected chi connectivity index (χ3v) is 3.31. The average molecular weight is 281 g/mol. The molecule has 1 aliphatic rings. The van der Waals surface area contributed by atoms with Gasteiger partial charge < -0.3 is 15.2 Å². The van der Waals surface area contributed by atoms with Crippen molar-refractivity contribution in [3.05, 3.63) is 59.2 Å². The van der Waals surface area contributed by atoms with Crippen LogP contribution in [0.5, 0.6) is 11.5 Å². The maximum absolute atomic E-state index is 12.2. The van der Waals surface area contributed by atoms with Crippen LogP contribution in [0.3, 0.4) is 0 Å². The Kier molecular flexibility index (Phi) is 3.36. The number of ketones is 1. The van der Waals surface area contributed by atoms with Crippen molar-refractivity contribution in [1.82, 2.24) is 0 Å². The predicted octanol–water partition coefficient (Wildman–Crippen LogP) is 3.20. The summed E-state index contributed by atoms with van der Waals surface area (Å²) in [5.41, 5.74) is 8.84. The highest BCUT2D eigenvalue weighted by molar-refractivity contribution is 6.10. The van der Waals surface area contributed by atoms with E-state index in [0.717, 1.165) is 5.56 Å². The van der Waals surface area contributed by atoms with E-state index in [1.165, 1.54) is 11.6 Å². The molecule has 2 aromatic rings. The van der Waals surface area contributed by atoms with Crippen LogP contribution >= 0.6 is 0 Å². The van der Waals surface area contributed by atoms with Crippen LogP contribution in [0.2, 0.25) is 0 Å². The van der Waals surface area contributed by atoms with Crippen molar-refractivity contribution in [2.24, 2.45) is 0 Å². The van der Waals surface area contributed by atoms with Crippen molar-refractivity contribution < 1.29 is 14.3 Å². The summed E-state index contributed by atoms with van der Waals surface area (Å²) in [7, 11) is 0. The van der Waals surface area contributed by atoms with Crippen LogP contribution in [0.25, 0.3) is 6.08 Å². The van der Waals surface area contributed by atoms with Crippen LogP contribution in [0.1, 0.15) is 21.5 Å². The van der Waals surface area contributed by atoms with E-state index in [-0.39, 0.29) is 12.6 Å². The fourth-order valence-electron chi connectivity index (χ4n) is 2.11. The van der Waals surface area contributed by atoms with Crippen LogP contribution in [0.4, 0.5) is 5.69 Å². The fraction of sp³-hybridized carbons (Fsp3) is 0.118. The molecule has 0 fully saturated rings. The third-order valence-electron chi connectivity index (χ3n) is 3.31. The molecule has 0 saturated heterocycles.